The van der Waals surface area contributed by atoms with E-state index in [-0.39, 0.29) is 5.75 Å². The van der Waals surface area contributed by atoms with Crippen LogP contribution in [-0.2, 0) is 14.6 Å². The van der Waals surface area contributed by atoms with E-state index in [1.807, 2.05) is 0 Å². The highest BCUT2D eigenvalue weighted by Gasteiger charge is 2.20. The van der Waals surface area contributed by atoms with Gasteiger partial charge in [-0.1, -0.05) is 0 Å². The highest BCUT2D eigenvalue weighted by atomic mass is 32.2. The molecule has 5 heteroatoms. The van der Waals surface area contributed by atoms with Crippen molar-refractivity contribution in [3.05, 3.63) is 11.8 Å². The molecule has 0 fully saturated rings. The molecule has 1 unspecified atom stereocenters. The zero-order valence-electron chi connectivity index (χ0n) is 6.86. The van der Waals surface area contributed by atoms with E-state index in [1.54, 1.807) is 6.08 Å². The smallest absolute Gasteiger partial charge is 0.150 e. The Morgan fingerprint density at radius 3 is 2.83 bits per heavy atom. The van der Waals surface area contributed by atoms with Crippen LogP contribution in [0.15, 0.2) is 11.8 Å². The topological polar surface area (TPSA) is 63.6 Å². The number of hydrogen-bond acceptors (Lipinski definition) is 4. The van der Waals surface area contributed by atoms with Crippen molar-refractivity contribution in [3.8, 4) is 0 Å². The van der Waals surface area contributed by atoms with E-state index in [0.29, 0.717) is 12.4 Å². The van der Waals surface area contributed by atoms with E-state index in [1.165, 1.54) is 0 Å². The number of aliphatic hydroxyl groups is 1. The lowest BCUT2D eigenvalue weighted by Gasteiger charge is -2.10. The molecule has 1 aliphatic heterocycles. The molecule has 4 nitrogen and oxygen atoms in total. The minimum Gasteiger partial charge on any atom is -0.495 e. The van der Waals surface area contributed by atoms with Crippen LogP contribution in [0, 0.1) is 0 Å². The minimum absolute atomic E-state index is 0.265. The van der Waals surface area contributed by atoms with Crippen LogP contribution in [-0.4, -0.2) is 38.2 Å². The van der Waals surface area contributed by atoms with Gasteiger partial charge in [-0.3, -0.25) is 0 Å². The highest BCUT2D eigenvalue weighted by molar-refractivity contribution is 7.90. The largest absolute Gasteiger partial charge is 0.495 e. The average molecular weight is 192 g/mol. The Morgan fingerprint density at radius 1 is 1.75 bits per heavy atom. The summed E-state index contributed by atoms with van der Waals surface area (Å²) in [6.07, 6.45) is 2.56. The van der Waals surface area contributed by atoms with Crippen LogP contribution in [0.5, 0.6) is 0 Å². The van der Waals surface area contributed by atoms with Crippen LogP contribution in [0.3, 0.4) is 0 Å². The normalized spacial score (nSPS) is 20.0. The van der Waals surface area contributed by atoms with Crippen molar-refractivity contribution in [3.63, 3.8) is 0 Å². The van der Waals surface area contributed by atoms with Gasteiger partial charge in [0.2, 0.25) is 0 Å². The van der Waals surface area contributed by atoms with Crippen molar-refractivity contribution in [2.45, 2.75) is 12.5 Å². The molecule has 0 aromatic carbocycles. The summed E-state index contributed by atoms with van der Waals surface area (Å²) in [6, 6.07) is 0. The Labute approximate surface area is 71.8 Å². The van der Waals surface area contributed by atoms with Crippen LogP contribution in [0.2, 0.25) is 0 Å². The number of ether oxygens (including phenoxy) is 1. The van der Waals surface area contributed by atoms with Gasteiger partial charge in [0.05, 0.1) is 12.4 Å². The third-order valence-corrected chi connectivity index (χ3v) is 2.44. The van der Waals surface area contributed by atoms with Gasteiger partial charge in [0, 0.05) is 12.7 Å². The third kappa shape index (κ3) is 2.83. The van der Waals surface area contributed by atoms with Crippen molar-refractivity contribution < 1.29 is 18.3 Å². The monoisotopic (exact) mass is 192 g/mol. The summed E-state index contributed by atoms with van der Waals surface area (Å²) in [5, 5.41) is 9.31. The second-order valence-electron chi connectivity index (χ2n) is 2.85. The quantitative estimate of drug-likeness (QED) is 0.666. The first-order chi connectivity index (χ1) is 5.49. The molecule has 1 heterocycles. The summed E-state index contributed by atoms with van der Waals surface area (Å²) >= 11 is 0. The molecule has 0 saturated carbocycles. The van der Waals surface area contributed by atoms with Crippen LogP contribution >= 0.6 is 0 Å². The van der Waals surface area contributed by atoms with Gasteiger partial charge in [0.25, 0.3) is 0 Å². The SMILES string of the molecule is CS(=O)(=O)CC(O)C1=CCCO1. The Kier molecular flexibility index (Phi) is 2.74. The number of rotatable bonds is 3. The maximum Gasteiger partial charge on any atom is 0.150 e. The molecule has 70 valence electrons. The Bertz CT molecular complexity index is 278. The van der Waals surface area contributed by atoms with E-state index in [4.69, 9.17) is 4.74 Å². The van der Waals surface area contributed by atoms with E-state index < -0.39 is 15.9 Å². The Hall–Kier alpha value is -0.550. The van der Waals surface area contributed by atoms with E-state index in [2.05, 4.69) is 0 Å². The molecule has 12 heavy (non-hydrogen) atoms. The minimum atomic E-state index is -3.13. The molecule has 0 saturated heterocycles. The van der Waals surface area contributed by atoms with Crippen molar-refractivity contribution in [1.82, 2.24) is 0 Å². The molecular weight excluding hydrogens is 180 g/mol. The zero-order valence-corrected chi connectivity index (χ0v) is 7.67. The van der Waals surface area contributed by atoms with E-state index in [0.717, 1.165) is 12.7 Å². The summed E-state index contributed by atoms with van der Waals surface area (Å²) in [4.78, 5) is 0. The van der Waals surface area contributed by atoms with Gasteiger partial charge in [0.15, 0.2) is 0 Å². The van der Waals surface area contributed by atoms with Crippen molar-refractivity contribution in [1.29, 1.82) is 0 Å². The van der Waals surface area contributed by atoms with Crippen LogP contribution in [0.1, 0.15) is 6.42 Å². The maximum absolute atomic E-state index is 10.8. The first kappa shape index (κ1) is 9.54. The standard InChI is InChI=1S/C7H12O4S/c1-12(9,10)5-6(8)7-3-2-4-11-7/h3,6,8H,2,4-5H2,1H3. The van der Waals surface area contributed by atoms with Gasteiger partial charge < -0.3 is 9.84 Å². The molecule has 1 N–H and O–H groups in total. The summed E-state index contributed by atoms with van der Waals surface area (Å²) in [5.74, 6) is 0.124. The zero-order chi connectivity index (χ0) is 9.19. The lowest BCUT2D eigenvalue weighted by Crippen LogP contribution is -2.22. The van der Waals surface area contributed by atoms with Gasteiger partial charge in [-0.05, 0) is 6.08 Å². The fourth-order valence-electron chi connectivity index (χ4n) is 1.04. The number of sulfone groups is 1. The van der Waals surface area contributed by atoms with Gasteiger partial charge in [-0.2, -0.15) is 0 Å². The average Bonchev–Trinajstić information content (AvgIpc) is 2.32. The molecule has 1 rings (SSSR count). The summed E-state index contributed by atoms with van der Waals surface area (Å²) in [6.45, 7) is 0.538. The number of hydrogen-bond donors (Lipinski definition) is 1. The number of aliphatic hydroxyl groups excluding tert-OH is 1. The van der Waals surface area contributed by atoms with Gasteiger partial charge >= 0.3 is 0 Å². The van der Waals surface area contributed by atoms with Crippen molar-refractivity contribution >= 4 is 9.84 Å². The van der Waals surface area contributed by atoms with Crippen molar-refractivity contribution in [2.24, 2.45) is 0 Å². The molecule has 1 aliphatic rings. The first-order valence-corrected chi connectivity index (χ1v) is 5.74. The van der Waals surface area contributed by atoms with Crippen LogP contribution in [0.25, 0.3) is 0 Å². The Balaban J connectivity index is 2.54. The third-order valence-electron chi connectivity index (χ3n) is 1.52. The molecule has 1 atom stereocenters. The lowest BCUT2D eigenvalue weighted by atomic mass is 10.3. The first-order valence-electron chi connectivity index (χ1n) is 3.68. The fraction of sp³-hybridized carbons (Fsp3) is 0.714. The fourth-order valence-corrected chi connectivity index (χ4v) is 1.78. The summed E-state index contributed by atoms with van der Waals surface area (Å²) < 4.78 is 26.5. The second-order valence-corrected chi connectivity index (χ2v) is 5.04. The maximum atomic E-state index is 10.8. The Morgan fingerprint density at radius 2 is 2.42 bits per heavy atom. The van der Waals surface area contributed by atoms with Gasteiger partial charge in [-0.25, -0.2) is 8.42 Å². The second kappa shape index (κ2) is 3.45. The van der Waals surface area contributed by atoms with E-state index >= 15 is 0 Å². The molecule has 0 amide bonds. The summed E-state index contributed by atoms with van der Waals surface area (Å²) in [7, 11) is -3.13. The van der Waals surface area contributed by atoms with Crippen LogP contribution < -0.4 is 0 Å². The van der Waals surface area contributed by atoms with Gasteiger partial charge in [0.1, 0.15) is 21.7 Å². The molecule has 0 spiro atoms. The van der Waals surface area contributed by atoms with Gasteiger partial charge in [-0.15, -0.1) is 0 Å². The van der Waals surface area contributed by atoms with Crippen molar-refractivity contribution in [2.75, 3.05) is 18.6 Å². The predicted molar refractivity (Wildman–Crippen MR) is 44.4 cm³/mol. The lowest BCUT2D eigenvalue weighted by molar-refractivity contribution is 0.132. The summed E-state index contributed by atoms with van der Waals surface area (Å²) in [5.41, 5.74) is 0. The van der Waals surface area contributed by atoms with E-state index in [9.17, 15) is 13.5 Å². The molecule has 0 aromatic heterocycles. The molecular formula is C7H12O4S. The molecule has 0 bridgehead atoms. The molecule has 0 aliphatic carbocycles. The molecule has 0 aromatic rings. The molecule has 0 radical (unpaired) electrons. The van der Waals surface area contributed by atoms with Crippen LogP contribution in [0.4, 0.5) is 0 Å². The predicted octanol–water partition coefficient (Wildman–Crippen LogP) is -0.304. The highest BCUT2D eigenvalue weighted by Crippen LogP contribution is 2.14.